The van der Waals surface area contributed by atoms with E-state index in [2.05, 4.69) is 238 Å². The molecule has 0 radical (unpaired) electrons. The Labute approximate surface area is 454 Å². The minimum atomic E-state index is -1.44. The fourth-order valence-electron chi connectivity index (χ4n) is 10.1. The van der Waals surface area contributed by atoms with Crippen molar-refractivity contribution in [1.82, 2.24) is 0 Å². The molecule has 13 aromatic rings. The standard InChI is InChI=1S/C42H28.C14H11BO2.C14H10Br2/c1-3-17-35-33(13-1)27-41(39-21-7-5-19-37(35)39)31-15-9-11-29(25-31)23-24-30-12-10-16-32(26-30)42-28-34-14-2-4-18-36(34)38-20-6-8-22-40(38)42;16-15(17)14-9-10-5-1-2-6-11(10)12-7-3-4-8-13(12)14;15-13-5-1-3-11(9-13)7-8-12-4-2-6-14(16)10-12/h1-28H;1-9,16-17H;1-10H/b24-23+;;8-7+. The number of halogens is 2. The molecular weight excluding hydrogens is 1040 g/mol. The van der Waals surface area contributed by atoms with Gasteiger partial charge < -0.3 is 10.0 Å². The van der Waals surface area contributed by atoms with Crippen LogP contribution in [0.25, 0.3) is 111 Å². The molecule has 13 aromatic carbocycles. The third-order valence-electron chi connectivity index (χ3n) is 13.6. The van der Waals surface area contributed by atoms with Crippen LogP contribution in [0.3, 0.4) is 0 Å². The number of hydrogen-bond acceptors (Lipinski definition) is 2. The summed E-state index contributed by atoms with van der Waals surface area (Å²) in [6.45, 7) is 0. The molecule has 0 heterocycles. The lowest BCUT2D eigenvalue weighted by atomic mass is 9.76. The van der Waals surface area contributed by atoms with Crippen LogP contribution < -0.4 is 5.46 Å². The van der Waals surface area contributed by atoms with Crippen LogP contribution in [0.5, 0.6) is 0 Å². The maximum absolute atomic E-state index is 9.44. The van der Waals surface area contributed by atoms with Gasteiger partial charge in [0, 0.05) is 8.95 Å². The van der Waals surface area contributed by atoms with E-state index < -0.39 is 7.12 Å². The molecule has 0 atom stereocenters. The van der Waals surface area contributed by atoms with Crippen molar-refractivity contribution in [2.45, 2.75) is 0 Å². The molecule has 0 aromatic heterocycles. The summed E-state index contributed by atoms with van der Waals surface area (Å²) in [4.78, 5) is 0. The van der Waals surface area contributed by atoms with E-state index in [9.17, 15) is 10.0 Å². The molecule has 0 aliphatic heterocycles. The minimum Gasteiger partial charge on any atom is -0.423 e. The molecule has 0 bridgehead atoms. The molecular formula is C70H49BBr2O2. The number of rotatable bonds is 7. The molecule has 0 saturated carbocycles. The molecule has 358 valence electrons. The van der Waals surface area contributed by atoms with Gasteiger partial charge in [-0.1, -0.05) is 268 Å². The van der Waals surface area contributed by atoms with Gasteiger partial charge in [-0.3, -0.25) is 0 Å². The van der Waals surface area contributed by atoms with Crippen molar-refractivity contribution in [2.24, 2.45) is 0 Å². The fourth-order valence-corrected chi connectivity index (χ4v) is 10.9. The Morgan fingerprint density at radius 3 is 0.960 bits per heavy atom. The van der Waals surface area contributed by atoms with Gasteiger partial charge in [0.05, 0.1) is 0 Å². The summed E-state index contributed by atoms with van der Waals surface area (Å²) in [5.41, 5.74) is 10.3. The SMILES string of the molecule is Brc1cccc(/C=C/c2cccc(Br)c2)c1.C(=C\c1cccc(-c2cc3ccccc3c3ccccc23)c1)/c1cccc(-c2cc3ccccc3c3ccccc23)c1.OB(O)c1cc2ccccc2c2ccccc12. The molecule has 0 fully saturated rings. The van der Waals surface area contributed by atoms with Crippen molar-refractivity contribution in [1.29, 1.82) is 0 Å². The van der Waals surface area contributed by atoms with E-state index in [-0.39, 0.29) is 0 Å². The number of benzene rings is 13. The van der Waals surface area contributed by atoms with Crippen LogP contribution in [0.1, 0.15) is 22.3 Å². The quantitative estimate of drug-likeness (QED) is 0.0949. The lowest BCUT2D eigenvalue weighted by Crippen LogP contribution is -2.30. The third kappa shape index (κ3) is 11.1. The van der Waals surface area contributed by atoms with E-state index in [1.165, 1.54) is 87.6 Å². The lowest BCUT2D eigenvalue weighted by Gasteiger charge is -2.12. The Morgan fingerprint density at radius 1 is 0.267 bits per heavy atom. The summed E-state index contributed by atoms with van der Waals surface area (Å²) in [5, 5.41) is 33.3. The first-order chi connectivity index (χ1) is 36.8. The van der Waals surface area contributed by atoms with Crippen LogP contribution in [0.15, 0.2) is 270 Å². The highest BCUT2D eigenvalue weighted by atomic mass is 79.9. The normalized spacial score (nSPS) is 11.4. The van der Waals surface area contributed by atoms with E-state index in [0.717, 1.165) is 30.5 Å². The third-order valence-corrected chi connectivity index (χ3v) is 14.6. The largest absolute Gasteiger partial charge is 0.489 e. The maximum Gasteiger partial charge on any atom is 0.489 e. The first-order valence-electron chi connectivity index (χ1n) is 25.0. The van der Waals surface area contributed by atoms with Gasteiger partial charge in [0.15, 0.2) is 0 Å². The molecule has 0 unspecified atom stereocenters. The average Bonchev–Trinajstić information content (AvgIpc) is 3.46. The predicted molar refractivity (Wildman–Crippen MR) is 331 cm³/mol. The van der Waals surface area contributed by atoms with Gasteiger partial charge in [0.2, 0.25) is 0 Å². The van der Waals surface area contributed by atoms with E-state index >= 15 is 0 Å². The van der Waals surface area contributed by atoms with Crippen LogP contribution in [0, 0.1) is 0 Å². The first kappa shape index (κ1) is 49.1. The molecule has 0 saturated heterocycles. The summed E-state index contributed by atoms with van der Waals surface area (Å²) in [7, 11) is -1.44. The van der Waals surface area contributed by atoms with Crippen LogP contribution in [-0.2, 0) is 0 Å². The van der Waals surface area contributed by atoms with Crippen molar-refractivity contribution >= 4 is 133 Å². The van der Waals surface area contributed by atoms with Crippen molar-refractivity contribution < 1.29 is 10.0 Å². The van der Waals surface area contributed by atoms with E-state index in [4.69, 9.17) is 0 Å². The molecule has 75 heavy (non-hydrogen) atoms. The number of hydrogen-bond donors (Lipinski definition) is 2. The zero-order valence-electron chi connectivity index (χ0n) is 40.9. The molecule has 5 heteroatoms. The topological polar surface area (TPSA) is 40.5 Å². The lowest BCUT2D eigenvalue weighted by molar-refractivity contribution is 0.426. The molecule has 0 aliphatic rings. The van der Waals surface area contributed by atoms with Crippen molar-refractivity contribution in [3.8, 4) is 22.3 Å². The Hall–Kier alpha value is -8.16. The molecule has 0 aliphatic carbocycles. The predicted octanol–water partition coefficient (Wildman–Crippen LogP) is 18.9. The molecule has 0 amide bonds. The maximum atomic E-state index is 9.44. The fraction of sp³-hybridized carbons (Fsp3) is 0. The Morgan fingerprint density at radius 2 is 0.573 bits per heavy atom. The highest BCUT2D eigenvalue weighted by Crippen LogP contribution is 2.37. The number of fused-ring (bicyclic) bond motifs is 9. The smallest absolute Gasteiger partial charge is 0.423 e. The van der Waals surface area contributed by atoms with Gasteiger partial charge >= 0.3 is 7.12 Å². The summed E-state index contributed by atoms with van der Waals surface area (Å²) in [6, 6.07) is 91.3. The highest BCUT2D eigenvalue weighted by Gasteiger charge is 2.16. The zero-order chi connectivity index (χ0) is 51.1. The second kappa shape index (κ2) is 22.5. The van der Waals surface area contributed by atoms with Crippen LogP contribution in [0.2, 0.25) is 0 Å². The minimum absolute atomic E-state index is 0.555. The Kier molecular flexibility index (Phi) is 14.7. The Balaban J connectivity index is 0.000000149. The summed E-state index contributed by atoms with van der Waals surface area (Å²) < 4.78 is 2.20. The van der Waals surface area contributed by atoms with Gasteiger partial charge in [-0.25, -0.2) is 0 Å². The van der Waals surface area contributed by atoms with Crippen LogP contribution >= 0.6 is 31.9 Å². The highest BCUT2D eigenvalue weighted by molar-refractivity contribution is 9.10. The molecule has 2 nitrogen and oxygen atoms in total. The second-order valence-electron chi connectivity index (χ2n) is 18.5. The van der Waals surface area contributed by atoms with Gasteiger partial charge in [0.1, 0.15) is 0 Å². The van der Waals surface area contributed by atoms with E-state index in [1.54, 1.807) is 0 Å². The molecule has 0 spiro atoms. The molecule has 13 rings (SSSR count). The van der Waals surface area contributed by atoms with Crippen molar-refractivity contribution in [3.05, 3.63) is 292 Å². The summed E-state index contributed by atoms with van der Waals surface area (Å²) in [5.74, 6) is 0. The second-order valence-corrected chi connectivity index (χ2v) is 20.3. The van der Waals surface area contributed by atoms with Crippen molar-refractivity contribution in [2.75, 3.05) is 0 Å². The van der Waals surface area contributed by atoms with Crippen LogP contribution in [0.4, 0.5) is 0 Å². The Bertz CT molecular complexity index is 4060. The average molecular weight is 1090 g/mol. The van der Waals surface area contributed by atoms with Crippen LogP contribution in [-0.4, -0.2) is 17.2 Å². The van der Waals surface area contributed by atoms with Gasteiger partial charge in [-0.05, 0) is 163 Å². The first-order valence-corrected chi connectivity index (χ1v) is 26.6. The van der Waals surface area contributed by atoms with Gasteiger partial charge in [-0.15, -0.1) is 0 Å². The van der Waals surface area contributed by atoms with Crippen molar-refractivity contribution in [3.63, 3.8) is 0 Å². The molecule has 2 N–H and O–H groups in total. The summed E-state index contributed by atoms with van der Waals surface area (Å²) >= 11 is 6.92. The summed E-state index contributed by atoms with van der Waals surface area (Å²) in [6.07, 6.45) is 8.66. The monoisotopic (exact) mass is 1090 g/mol. The van der Waals surface area contributed by atoms with Gasteiger partial charge in [0.25, 0.3) is 0 Å². The zero-order valence-corrected chi connectivity index (χ0v) is 44.0. The van der Waals surface area contributed by atoms with E-state index in [1.807, 2.05) is 78.9 Å². The van der Waals surface area contributed by atoms with Gasteiger partial charge in [-0.2, -0.15) is 0 Å². The van der Waals surface area contributed by atoms with E-state index in [0.29, 0.717) is 5.46 Å².